The molecule has 0 spiro atoms. The normalized spacial score (nSPS) is 10.6. The Bertz CT molecular complexity index is 585. The van der Waals surface area contributed by atoms with Crippen molar-refractivity contribution in [3.8, 4) is 11.5 Å². The van der Waals surface area contributed by atoms with E-state index in [1.165, 1.54) is 12.1 Å². The summed E-state index contributed by atoms with van der Waals surface area (Å²) in [4.78, 5) is 10.4. The Labute approximate surface area is 110 Å². The zero-order valence-corrected chi connectivity index (χ0v) is 10.6. The fourth-order valence-corrected chi connectivity index (χ4v) is 1.56. The maximum Gasteiger partial charge on any atom is 0.303 e. The molecule has 94 valence electrons. The molecule has 18 heavy (non-hydrogen) atoms. The van der Waals surface area contributed by atoms with E-state index in [1.807, 2.05) is 0 Å². The SMILES string of the molecule is O=C(O)CCc1nnc(-c2ccc(Br)c(F)c2)o1. The van der Waals surface area contributed by atoms with Gasteiger partial charge in [0.2, 0.25) is 11.8 Å². The summed E-state index contributed by atoms with van der Waals surface area (Å²) in [5.74, 6) is -0.986. The first-order chi connectivity index (χ1) is 8.56. The van der Waals surface area contributed by atoms with Crippen LogP contribution in [0, 0.1) is 5.82 Å². The van der Waals surface area contributed by atoms with Gasteiger partial charge in [0.1, 0.15) is 5.82 Å². The van der Waals surface area contributed by atoms with Gasteiger partial charge in [-0.3, -0.25) is 4.79 Å². The van der Waals surface area contributed by atoms with Gasteiger partial charge in [0.25, 0.3) is 0 Å². The maximum atomic E-state index is 13.3. The van der Waals surface area contributed by atoms with Crippen LogP contribution in [0.15, 0.2) is 27.1 Å². The Kier molecular flexibility index (Phi) is 3.71. The fraction of sp³-hybridized carbons (Fsp3) is 0.182. The smallest absolute Gasteiger partial charge is 0.303 e. The third-order valence-corrected chi connectivity index (χ3v) is 2.83. The third kappa shape index (κ3) is 2.92. The molecule has 0 bridgehead atoms. The fourth-order valence-electron chi connectivity index (χ4n) is 1.31. The van der Waals surface area contributed by atoms with Crippen molar-refractivity contribution >= 4 is 21.9 Å². The molecule has 2 rings (SSSR count). The number of rotatable bonds is 4. The van der Waals surface area contributed by atoms with Crippen molar-refractivity contribution in [2.75, 3.05) is 0 Å². The summed E-state index contributed by atoms with van der Waals surface area (Å²) in [5.41, 5.74) is 0.449. The molecule has 1 aromatic carbocycles. The van der Waals surface area contributed by atoms with Gasteiger partial charge in [-0.15, -0.1) is 10.2 Å². The molecule has 0 atom stereocenters. The van der Waals surface area contributed by atoms with E-state index in [9.17, 15) is 9.18 Å². The summed E-state index contributed by atoms with van der Waals surface area (Å²) in [6.45, 7) is 0. The number of carboxylic acid groups (broad SMARTS) is 1. The average Bonchev–Trinajstić information content (AvgIpc) is 2.79. The Balaban J connectivity index is 2.18. The minimum Gasteiger partial charge on any atom is -0.481 e. The van der Waals surface area contributed by atoms with Gasteiger partial charge in [0.05, 0.1) is 10.9 Å². The molecule has 1 heterocycles. The Hall–Kier alpha value is -1.76. The zero-order valence-electron chi connectivity index (χ0n) is 9.06. The van der Waals surface area contributed by atoms with Crippen molar-refractivity contribution in [3.63, 3.8) is 0 Å². The molecule has 0 unspecified atom stereocenters. The van der Waals surface area contributed by atoms with Crippen LogP contribution in [0.2, 0.25) is 0 Å². The summed E-state index contributed by atoms with van der Waals surface area (Å²) >= 11 is 3.04. The Morgan fingerprint density at radius 1 is 1.44 bits per heavy atom. The molecule has 1 aromatic heterocycles. The number of hydrogen-bond donors (Lipinski definition) is 1. The maximum absolute atomic E-state index is 13.3. The van der Waals surface area contributed by atoms with Crippen LogP contribution in [0.4, 0.5) is 4.39 Å². The third-order valence-electron chi connectivity index (χ3n) is 2.19. The van der Waals surface area contributed by atoms with Crippen molar-refractivity contribution in [2.24, 2.45) is 0 Å². The molecule has 0 aliphatic heterocycles. The Morgan fingerprint density at radius 2 is 2.22 bits per heavy atom. The van der Waals surface area contributed by atoms with Crippen molar-refractivity contribution < 1.29 is 18.7 Å². The van der Waals surface area contributed by atoms with E-state index in [-0.39, 0.29) is 24.6 Å². The number of benzene rings is 1. The monoisotopic (exact) mass is 314 g/mol. The van der Waals surface area contributed by atoms with Crippen LogP contribution in [0.25, 0.3) is 11.5 Å². The molecular weight excluding hydrogens is 307 g/mol. The number of hydrogen-bond acceptors (Lipinski definition) is 4. The molecule has 0 radical (unpaired) electrons. The van der Waals surface area contributed by atoms with Gasteiger partial charge in [-0.2, -0.15) is 0 Å². The number of aromatic nitrogens is 2. The summed E-state index contributed by atoms with van der Waals surface area (Å²) < 4.78 is 18.9. The lowest BCUT2D eigenvalue weighted by Crippen LogP contribution is -1.97. The minimum atomic E-state index is -0.940. The zero-order chi connectivity index (χ0) is 13.1. The molecule has 0 saturated heterocycles. The number of aryl methyl sites for hydroxylation is 1. The molecule has 0 amide bonds. The van der Waals surface area contributed by atoms with Gasteiger partial charge in [0.15, 0.2) is 0 Å². The van der Waals surface area contributed by atoms with Crippen LogP contribution in [0.1, 0.15) is 12.3 Å². The predicted molar refractivity (Wildman–Crippen MR) is 63.3 cm³/mol. The van der Waals surface area contributed by atoms with Crippen LogP contribution in [0.3, 0.4) is 0 Å². The molecular formula is C11H8BrFN2O3. The lowest BCUT2D eigenvalue weighted by atomic mass is 10.2. The Morgan fingerprint density at radius 3 is 2.89 bits per heavy atom. The van der Waals surface area contributed by atoms with Crippen molar-refractivity contribution in [1.82, 2.24) is 10.2 Å². The second-order valence-electron chi connectivity index (χ2n) is 3.52. The van der Waals surface area contributed by atoms with Gasteiger partial charge in [-0.25, -0.2) is 4.39 Å². The van der Waals surface area contributed by atoms with Crippen LogP contribution in [-0.2, 0) is 11.2 Å². The number of carboxylic acids is 1. The van der Waals surface area contributed by atoms with E-state index in [4.69, 9.17) is 9.52 Å². The van der Waals surface area contributed by atoms with Crippen molar-refractivity contribution in [1.29, 1.82) is 0 Å². The van der Waals surface area contributed by atoms with Gasteiger partial charge in [0, 0.05) is 12.0 Å². The standard InChI is InChI=1S/C11H8BrFN2O3/c12-7-2-1-6(5-8(7)13)11-15-14-9(18-11)3-4-10(16)17/h1-2,5H,3-4H2,(H,16,17). The molecule has 0 saturated carbocycles. The predicted octanol–water partition coefficient (Wildman–Crippen LogP) is 2.66. The lowest BCUT2D eigenvalue weighted by Gasteiger charge is -1.97. The van der Waals surface area contributed by atoms with E-state index in [0.29, 0.717) is 10.0 Å². The highest BCUT2D eigenvalue weighted by molar-refractivity contribution is 9.10. The van der Waals surface area contributed by atoms with Crippen LogP contribution in [-0.4, -0.2) is 21.3 Å². The summed E-state index contributed by atoms with van der Waals surface area (Å²) in [5, 5.41) is 16.0. The molecule has 5 nitrogen and oxygen atoms in total. The molecule has 0 fully saturated rings. The van der Waals surface area contributed by atoms with E-state index in [0.717, 1.165) is 0 Å². The highest BCUT2D eigenvalue weighted by Gasteiger charge is 2.11. The number of carbonyl (C=O) groups is 1. The van der Waals surface area contributed by atoms with E-state index in [2.05, 4.69) is 26.1 Å². The van der Waals surface area contributed by atoms with Crippen LogP contribution in [0.5, 0.6) is 0 Å². The highest BCUT2D eigenvalue weighted by Crippen LogP contribution is 2.23. The van der Waals surface area contributed by atoms with E-state index >= 15 is 0 Å². The van der Waals surface area contributed by atoms with Crippen LogP contribution >= 0.6 is 15.9 Å². The number of nitrogens with zero attached hydrogens (tertiary/aromatic N) is 2. The van der Waals surface area contributed by atoms with Gasteiger partial charge in [-0.1, -0.05) is 0 Å². The van der Waals surface area contributed by atoms with Gasteiger partial charge >= 0.3 is 5.97 Å². The molecule has 7 heteroatoms. The summed E-state index contributed by atoms with van der Waals surface area (Å²) in [6.07, 6.45) is 0.0671. The average molecular weight is 315 g/mol. The second-order valence-corrected chi connectivity index (χ2v) is 4.38. The molecule has 0 aliphatic rings. The minimum absolute atomic E-state index is 0.0870. The number of halogens is 2. The molecule has 0 aliphatic carbocycles. The van der Waals surface area contributed by atoms with Crippen molar-refractivity contribution in [3.05, 3.63) is 34.4 Å². The first-order valence-corrected chi connectivity index (χ1v) is 5.85. The van der Waals surface area contributed by atoms with Gasteiger partial charge in [-0.05, 0) is 34.1 Å². The summed E-state index contributed by atoms with van der Waals surface area (Å²) in [7, 11) is 0. The van der Waals surface area contributed by atoms with Gasteiger partial charge < -0.3 is 9.52 Å². The highest BCUT2D eigenvalue weighted by atomic mass is 79.9. The van der Waals surface area contributed by atoms with E-state index < -0.39 is 11.8 Å². The molecule has 2 aromatic rings. The largest absolute Gasteiger partial charge is 0.481 e. The molecule has 1 N–H and O–H groups in total. The first kappa shape index (κ1) is 12.7. The number of aliphatic carboxylic acids is 1. The second kappa shape index (κ2) is 5.26. The lowest BCUT2D eigenvalue weighted by molar-refractivity contribution is -0.137. The van der Waals surface area contributed by atoms with Crippen molar-refractivity contribution in [2.45, 2.75) is 12.8 Å². The van der Waals surface area contributed by atoms with E-state index in [1.54, 1.807) is 6.07 Å². The summed E-state index contributed by atoms with van der Waals surface area (Å²) in [6, 6.07) is 4.42. The van der Waals surface area contributed by atoms with Crippen LogP contribution < -0.4 is 0 Å². The first-order valence-electron chi connectivity index (χ1n) is 5.06. The topological polar surface area (TPSA) is 76.2 Å². The quantitative estimate of drug-likeness (QED) is 0.938.